The number of hydrogen-bond donors (Lipinski definition) is 1. The molecular weight excluding hydrogens is 492 g/mol. The summed E-state index contributed by atoms with van der Waals surface area (Å²) in [6.45, 7) is 2.03. The highest BCUT2D eigenvalue weighted by atomic mass is 79.9. The number of nitro groups is 1. The molecule has 0 amide bonds. The lowest BCUT2D eigenvalue weighted by atomic mass is 9.94. The van der Waals surface area contributed by atoms with Crippen LogP contribution in [0.5, 0.6) is 0 Å². The van der Waals surface area contributed by atoms with Crippen LogP contribution < -0.4 is 5.32 Å². The minimum Gasteiger partial charge on any atom is -0.465 e. The number of anilines is 2. The lowest BCUT2D eigenvalue weighted by Gasteiger charge is -2.13. The number of carbonyl (C=O) groups excluding carboxylic acids is 1. The van der Waals surface area contributed by atoms with Crippen LogP contribution in [0.4, 0.5) is 16.4 Å². The third-order valence-corrected chi connectivity index (χ3v) is 6.47. The second-order valence-corrected chi connectivity index (χ2v) is 9.00. The van der Waals surface area contributed by atoms with Crippen LogP contribution in [0.25, 0.3) is 0 Å². The largest absolute Gasteiger partial charge is 0.465 e. The molecular formula is C21H18BrClN2O4S. The number of halogens is 2. The Balaban J connectivity index is 1.93. The van der Waals surface area contributed by atoms with E-state index in [2.05, 4.69) is 21.2 Å². The molecule has 0 unspecified atom stereocenters. The fraction of sp³-hybridized carbons (Fsp3) is 0.190. The topological polar surface area (TPSA) is 81.5 Å². The minimum atomic E-state index is -0.456. The first-order valence-corrected chi connectivity index (χ1v) is 10.9. The van der Waals surface area contributed by atoms with Gasteiger partial charge >= 0.3 is 5.97 Å². The van der Waals surface area contributed by atoms with Gasteiger partial charge in [-0.2, -0.15) is 0 Å². The van der Waals surface area contributed by atoms with E-state index in [4.69, 9.17) is 16.3 Å². The molecule has 30 heavy (non-hydrogen) atoms. The predicted octanol–water partition coefficient (Wildman–Crippen LogP) is 6.95. The fourth-order valence-electron chi connectivity index (χ4n) is 3.12. The first kappa shape index (κ1) is 22.3. The summed E-state index contributed by atoms with van der Waals surface area (Å²) in [4.78, 5) is 23.7. The number of hydrogen-bond acceptors (Lipinski definition) is 6. The van der Waals surface area contributed by atoms with Gasteiger partial charge < -0.3 is 10.1 Å². The van der Waals surface area contributed by atoms with Crippen LogP contribution in [0.1, 0.15) is 33.6 Å². The van der Waals surface area contributed by atoms with Gasteiger partial charge in [0.25, 0.3) is 5.69 Å². The summed E-state index contributed by atoms with van der Waals surface area (Å²) in [5, 5.41) is 15.7. The van der Waals surface area contributed by atoms with E-state index in [0.717, 1.165) is 11.1 Å². The van der Waals surface area contributed by atoms with Gasteiger partial charge in [-0.15, -0.1) is 11.3 Å². The van der Waals surface area contributed by atoms with Crippen molar-refractivity contribution in [3.8, 4) is 0 Å². The average molecular weight is 510 g/mol. The van der Waals surface area contributed by atoms with Crippen LogP contribution in [0, 0.1) is 10.1 Å². The van der Waals surface area contributed by atoms with Gasteiger partial charge in [0.05, 0.1) is 17.0 Å². The molecule has 1 atom stereocenters. The van der Waals surface area contributed by atoms with E-state index in [-0.39, 0.29) is 11.6 Å². The molecule has 0 aliphatic heterocycles. The number of nitro benzene ring substituents is 1. The first-order chi connectivity index (χ1) is 14.3. The molecule has 1 aromatic heterocycles. The first-order valence-electron chi connectivity index (χ1n) is 8.96. The maximum Gasteiger partial charge on any atom is 0.348 e. The van der Waals surface area contributed by atoms with Crippen LogP contribution in [-0.2, 0) is 11.2 Å². The molecule has 3 aromatic rings. The van der Waals surface area contributed by atoms with Gasteiger partial charge in [0.1, 0.15) is 10.6 Å². The predicted molar refractivity (Wildman–Crippen MR) is 123 cm³/mol. The summed E-state index contributed by atoms with van der Waals surface area (Å²) >= 11 is 10.8. The van der Waals surface area contributed by atoms with Crippen molar-refractivity contribution in [2.45, 2.75) is 19.3 Å². The van der Waals surface area contributed by atoms with E-state index in [1.165, 1.54) is 24.5 Å². The zero-order valence-electron chi connectivity index (χ0n) is 16.1. The number of methoxy groups -OCH3 is 1. The Bertz CT molecular complexity index is 1100. The third-order valence-electron chi connectivity index (χ3n) is 4.56. The van der Waals surface area contributed by atoms with Crippen molar-refractivity contribution in [2.24, 2.45) is 0 Å². The molecule has 0 saturated heterocycles. The number of carbonyl (C=O) groups is 1. The number of nitrogens with zero attached hydrogens (tertiary/aromatic N) is 1. The second-order valence-electron chi connectivity index (χ2n) is 6.63. The molecule has 0 aliphatic rings. The number of rotatable bonds is 7. The van der Waals surface area contributed by atoms with E-state index in [9.17, 15) is 14.9 Å². The second kappa shape index (κ2) is 9.59. The van der Waals surface area contributed by atoms with Crippen LogP contribution >= 0.6 is 38.9 Å². The van der Waals surface area contributed by atoms with Crippen molar-refractivity contribution in [2.75, 3.05) is 12.4 Å². The van der Waals surface area contributed by atoms with E-state index >= 15 is 0 Å². The van der Waals surface area contributed by atoms with Gasteiger partial charge in [0, 0.05) is 15.6 Å². The molecule has 1 heterocycles. The van der Waals surface area contributed by atoms with Crippen molar-refractivity contribution in [1.82, 2.24) is 0 Å². The van der Waals surface area contributed by atoms with Crippen molar-refractivity contribution < 1.29 is 14.5 Å². The van der Waals surface area contributed by atoms with Crippen molar-refractivity contribution in [1.29, 1.82) is 0 Å². The Labute approximate surface area is 191 Å². The molecule has 0 saturated carbocycles. The molecule has 1 N–H and O–H groups in total. The molecule has 3 rings (SSSR count). The normalized spacial score (nSPS) is 11.7. The highest BCUT2D eigenvalue weighted by Gasteiger charge is 2.22. The third kappa shape index (κ3) is 5.00. The zero-order valence-corrected chi connectivity index (χ0v) is 19.3. The van der Waals surface area contributed by atoms with Gasteiger partial charge in [-0.3, -0.25) is 10.1 Å². The van der Waals surface area contributed by atoms with Crippen LogP contribution in [0.3, 0.4) is 0 Å². The Morgan fingerprint density at radius 3 is 2.70 bits per heavy atom. The maximum absolute atomic E-state index is 12.3. The molecule has 0 fully saturated rings. The molecule has 0 radical (unpaired) electrons. The van der Waals surface area contributed by atoms with Gasteiger partial charge in [-0.25, -0.2) is 4.79 Å². The van der Waals surface area contributed by atoms with E-state index < -0.39 is 10.9 Å². The Hall–Kier alpha value is -2.42. The van der Waals surface area contributed by atoms with Crippen LogP contribution in [0.15, 0.2) is 53.0 Å². The van der Waals surface area contributed by atoms with Gasteiger partial charge in [0.2, 0.25) is 0 Å². The zero-order chi connectivity index (χ0) is 21.8. The molecule has 0 bridgehead atoms. The maximum atomic E-state index is 12.3. The highest BCUT2D eigenvalue weighted by molar-refractivity contribution is 9.10. The van der Waals surface area contributed by atoms with Crippen LogP contribution in [0.2, 0.25) is 5.02 Å². The van der Waals surface area contributed by atoms with Crippen molar-refractivity contribution >= 4 is 61.2 Å². The molecule has 156 valence electrons. The Kier molecular flexibility index (Phi) is 7.12. The van der Waals surface area contributed by atoms with Gasteiger partial charge in [0.15, 0.2) is 0 Å². The highest BCUT2D eigenvalue weighted by Crippen LogP contribution is 2.37. The number of benzene rings is 2. The fourth-order valence-corrected chi connectivity index (χ4v) is 4.81. The standard InChI is InChI=1S/C21H18BrClN2O4S/c1-12(15-5-3-4-6-16(15)23)9-13-10-19(30-20(13)21(26)29-2)24-17-8-7-14(22)11-18(17)25(27)28/h3-8,10-12,24H,9H2,1-2H3/t12-/m0/s1. The van der Waals surface area contributed by atoms with Crippen LogP contribution in [-0.4, -0.2) is 18.0 Å². The summed E-state index contributed by atoms with van der Waals surface area (Å²) in [5.74, 6) is -0.383. The average Bonchev–Trinajstić information content (AvgIpc) is 3.10. The van der Waals surface area contributed by atoms with E-state index in [1.54, 1.807) is 12.1 Å². The molecule has 0 spiro atoms. The van der Waals surface area contributed by atoms with E-state index in [0.29, 0.717) is 31.5 Å². The number of ether oxygens (including phenoxy) is 1. The molecule has 9 heteroatoms. The summed E-state index contributed by atoms with van der Waals surface area (Å²) in [6, 6.07) is 14.2. The quantitative estimate of drug-likeness (QED) is 0.212. The smallest absolute Gasteiger partial charge is 0.348 e. The Morgan fingerprint density at radius 2 is 2.03 bits per heavy atom. The SMILES string of the molecule is COC(=O)c1sc(Nc2ccc(Br)cc2[N+](=O)[O-])cc1C[C@H](C)c1ccccc1Cl. The van der Waals surface area contributed by atoms with Crippen molar-refractivity contribution in [3.63, 3.8) is 0 Å². The summed E-state index contributed by atoms with van der Waals surface area (Å²) in [5.41, 5.74) is 2.05. The summed E-state index contributed by atoms with van der Waals surface area (Å²) in [6.07, 6.45) is 0.564. The number of nitrogens with one attached hydrogen (secondary N) is 1. The van der Waals surface area contributed by atoms with Crippen molar-refractivity contribution in [3.05, 3.63) is 84.1 Å². The minimum absolute atomic E-state index is 0.0616. The summed E-state index contributed by atoms with van der Waals surface area (Å²) < 4.78 is 5.54. The summed E-state index contributed by atoms with van der Waals surface area (Å²) in [7, 11) is 1.33. The molecule has 0 aliphatic carbocycles. The lowest BCUT2D eigenvalue weighted by molar-refractivity contribution is -0.384. The lowest BCUT2D eigenvalue weighted by Crippen LogP contribution is -2.05. The molecule has 2 aromatic carbocycles. The Morgan fingerprint density at radius 1 is 1.30 bits per heavy atom. The van der Waals surface area contributed by atoms with Gasteiger partial charge in [-0.1, -0.05) is 52.7 Å². The monoisotopic (exact) mass is 508 g/mol. The molecule has 6 nitrogen and oxygen atoms in total. The van der Waals surface area contributed by atoms with E-state index in [1.807, 2.05) is 37.3 Å². The van der Waals surface area contributed by atoms with Gasteiger partial charge in [-0.05, 0) is 47.7 Å². The number of thiophene rings is 1. The number of esters is 1.